The molecule has 3 saturated heterocycles. The highest BCUT2D eigenvalue weighted by Crippen LogP contribution is 2.45. The van der Waals surface area contributed by atoms with Gasteiger partial charge in [0.15, 0.2) is 21.9 Å². The van der Waals surface area contributed by atoms with E-state index in [1.807, 2.05) is 48.7 Å². The third-order valence-electron chi connectivity index (χ3n) is 13.7. The fourth-order valence-electron chi connectivity index (χ4n) is 9.72. The minimum Gasteiger partial charge on any atom is -0.389 e. The van der Waals surface area contributed by atoms with Gasteiger partial charge in [-0.15, -0.1) is 0 Å². The van der Waals surface area contributed by atoms with Gasteiger partial charge in [0.25, 0.3) is 0 Å². The topological polar surface area (TPSA) is 161 Å². The van der Waals surface area contributed by atoms with Crippen molar-refractivity contribution in [3.05, 3.63) is 122 Å². The molecule has 2 amide bonds. The summed E-state index contributed by atoms with van der Waals surface area (Å²) < 4.78 is 59.7. The van der Waals surface area contributed by atoms with E-state index in [9.17, 15) is 33.6 Å². The largest absolute Gasteiger partial charge is 0.389 e. The van der Waals surface area contributed by atoms with E-state index in [2.05, 4.69) is 48.1 Å². The van der Waals surface area contributed by atoms with Crippen LogP contribution in [-0.4, -0.2) is 110 Å². The van der Waals surface area contributed by atoms with Crippen LogP contribution in [0.5, 0.6) is 0 Å². The summed E-state index contributed by atoms with van der Waals surface area (Å²) in [6.45, 7) is 7.52. The molecule has 0 aliphatic carbocycles. The summed E-state index contributed by atoms with van der Waals surface area (Å²) in [7, 11) is 3.70. The minimum absolute atomic E-state index is 0.00383. The van der Waals surface area contributed by atoms with Gasteiger partial charge < -0.3 is 29.6 Å². The second-order valence-corrected chi connectivity index (χ2v) is 21.1. The van der Waals surface area contributed by atoms with Crippen molar-refractivity contribution in [2.45, 2.75) is 45.6 Å². The van der Waals surface area contributed by atoms with Gasteiger partial charge >= 0.3 is 6.03 Å². The Morgan fingerprint density at radius 1 is 0.753 bits per heavy atom. The fraction of sp³-hybridized carbons (Fsp3) is 0.314. The van der Waals surface area contributed by atoms with Gasteiger partial charge in [0.2, 0.25) is 0 Å². The zero-order chi connectivity index (χ0) is 51.5. The van der Waals surface area contributed by atoms with E-state index < -0.39 is 11.9 Å². The predicted molar refractivity (Wildman–Crippen MR) is 276 cm³/mol. The molecule has 1 N–H and O–H groups in total. The summed E-state index contributed by atoms with van der Waals surface area (Å²) in [5.74, 6) is -1.47. The minimum atomic E-state index is -0.412. The zero-order valence-corrected chi connectivity index (χ0v) is 43.2. The molecule has 374 valence electrons. The summed E-state index contributed by atoms with van der Waals surface area (Å²) in [4.78, 5) is 32.2. The number of likely N-dealkylation sites (tertiary alicyclic amines) is 2. The Morgan fingerprint density at radius 2 is 1.22 bits per heavy atom. The summed E-state index contributed by atoms with van der Waals surface area (Å²) in [6, 6.07) is 19.7. The first kappa shape index (κ1) is 49.5. The van der Waals surface area contributed by atoms with Crippen molar-refractivity contribution in [1.82, 2.24) is 39.0 Å². The lowest BCUT2D eigenvalue weighted by Crippen LogP contribution is -2.67. The Bertz CT molecular complexity index is 3490. The number of halogens is 5. The van der Waals surface area contributed by atoms with Crippen molar-refractivity contribution in [3.8, 4) is 34.7 Å². The highest BCUT2D eigenvalue weighted by atomic mass is 79.9. The van der Waals surface area contributed by atoms with Gasteiger partial charge in [-0.2, -0.15) is 20.7 Å². The lowest BCUT2D eigenvalue weighted by molar-refractivity contribution is -0.0311. The number of aryl methyl sites for hydroxylation is 2. The lowest BCUT2D eigenvalue weighted by atomic mass is 9.72. The molecule has 3 aliphatic heterocycles. The molecule has 15 nitrogen and oxygen atoms in total. The number of piperidine rings is 1. The van der Waals surface area contributed by atoms with Crippen molar-refractivity contribution in [2.75, 3.05) is 68.1 Å². The monoisotopic (exact) mass is 1090 g/mol. The molecule has 6 aromatic heterocycles. The number of aromatic nitrogens is 6. The first-order valence-corrected chi connectivity index (χ1v) is 25.9. The number of pyridine rings is 2. The van der Waals surface area contributed by atoms with Crippen LogP contribution in [0.3, 0.4) is 0 Å². The number of fused-ring (bicyclic) bond motifs is 2. The van der Waals surface area contributed by atoms with Gasteiger partial charge in [-0.05, 0) is 102 Å². The Hall–Kier alpha value is -7.11. The number of hydrogen-bond donors (Lipinski definition) is 1. The third-order valence-corrected chi connectivity index (χ3v) is 16.3. The number of carbonyl (C=O) groups is 1. The molecule has 3 fully saturated rings. The number of anilines is 5. The first-order chi connectivity index (χ1) is 35.1. The van der Waals surface area contributed by atoms with Crippen molar-refractivity contribution in [2.24, 2.45) is 5.41 Å². The highest BCUT2D eigenvalue weighted by molar-refractivity contribution is 9.10. The van der Waals surface area contributed by atoms with Gasteiger partial charge in [-0.3, -0.25) is 0 Å². The second kappa shape index (κ2) is 19.7. The van der Waals surface area contributed by atoms with Gasteiger partial charge in [-0.1, -0.05) is 36.5 Å². The van der Waals surface area contributed by atoms with Gasteiger partial charge in [0.05, 0.1) is 75.5 Å². The molecular formula is C51H46BrF4N13O2S2. The molecule has 8 aromatic rings. The molecule has 0 radical (unpaired) electrons. The van der Waals surface area contributed by atoms with E-state index in [1.165, 1.54) is 63.8 Å². The van der Waals surface area contributed by atoms with Crippen molar-refractivity contribution in [1.29, 1.82) is 10.5 Å². The number of amides is 2. The van der Waals surface area contributed by atoms with Crippen LogP contribution in [0.4, 0.5) is 49.7 Å². The number of nitrogens with zero attached hydrogens (tertiary/aromatic N) is 13. The van der Waals surface area contributed by atoms with E-state index >= 15 is 4.39 Å². The number of thiazole rings is 2. The average Bonchev–Trinajstić information content (AvgIpc) is 4.17. The number of aliphatic hydroxyl groups is 1. The molecule has 0 bridgehead atoms. The summed E-state index contributed by atoms with van der Waals surface area (Å²) >= 11 is 5.71. The average molecular weight is 1090 g/mol. The van der Waals surface area contributed by atoms with Gasteiger partial charge in [0, 0.05) is 56.8 Å². The van der Waals surface area contributed by atoms with Crippen LogP contribution in [0.1, 0.15) is 47.8 Å². The Balaban J connectivity index is 0.000000183. The van der Waals surface area contributed by atoms with E-state index in [1.54, 1.807) is 39.7 Å². The molecule has 2 aromatic carbocycles. The number of carbonyl (C=O) groups excluding carboxylic acids is 1. The van der Waals surface area contributed by atoms with Gasteiger partial charge in [0.1, 0.15) is 44.9 Å². The predicted octanol–water partition coefficient (Wildman–Crippen LogP) is 10.3. The van der Waals surface area contributed by atoms with E-state index in [0.29, 0.717) is 105 Å². The number of aliphatic hydroxyl groups excluding tert-OH is 1. The molecule has 22 heteroatoms. The van der Waals surface area contributed by atoms with E-state index in [0.717, 1.165) is 46.6 Å². The summed E-state index contributed by atoms with van der Waals surface area (Å²) in [5.41, 5.74) is 7.45. The maximum Gasteiger partial charge on any atom is 0.320 e. The van der Waals surface area contributed by atoms with Gasteiger partial charge in [-0.25, -0.2) is 41.4 Å². The number of benzene rings is 2. The van der Waals surface area contributed by atoms with Crippen molar-refractivity contribution >= 4 is 83.0 Å². The Labute approximate surface area is 433 Å². The van der Waals surface area contributed by atoms with E-state index in [4.69, 9.17) is 4.98 Å². The standard InChI is InChI=1S/C31H32F2N8O2S.C20H14BrF2N5S/c1-3-23-28(37(2)29-35-27(26(13-34)44-29)19-4-6-20(32)7-5-19)25-12-24(22(33)16-41(25)36-23)38-10-8-31(9-11-38)17-40(18-31)30(43)39-14-21(42)15-39;1-3-15-19(16-8-13(21)14(23)10-28(16)26-15)27(2)20-25-18(17(9-24)29-20)11-4-6-12(22)7-5-11/h4-7,12,16,21,42H,3,8-11,14-15,17-18H2,1-2H3;4-8,10H,3H2,1-2H3. The SMILES string of the molecule is CCc1nn2cc(F)c(Br)cc2c1N(C)c1nc(-c2ccc(F)cc2)c(C#N)s1.CCc1nn2cc(F)c(N3CCC4(CC3)CN(C(=O)N3CC(O)C3)C4)cc2c1N(C)c1nc(-c2ccc(F)cc2)c(C#N)s1. The molecule has 9 heterocycles. The van der Waals surface area contributed by atoms with Crippen LogP contribution < -0.4 is 14.7 Å². The molecule has 0 saturated carbocycles. The number of hydrogen-bond acceptors (Lipinski definition) is 13. The van der Waals surface area contributed by atoms with Crippen LogP contribution >= 0.6 is 38.6 Å². The van der Waals surface area contributed by atoms with Crippen molar-refractivity contribution in [3.63, 3.8) is 0 Å². The van der Waals surface area contributed by atoms with Crippen LogP contribution in [-0.2, 0) is 12.8 Å². The Kier molecular flexibility index (Phi) is 13.4. The molecule has 73 heavy (non-hydrogen) atoms. The molecular weight excluding hydrogens is 1050 g/mol. The summed E-state index contributed by atoms with van der Waals surface area (Å²) in [6.07, 6.45) is 5.30. The fourth-order valence-corrected chi connectivity index (χ4v) is 11.7. The number of β-amino-alcohol motifs (C(OH)–C–C–N with tert-alkyl or cyclic N) is 1. The van der Waals surface area contributed by atoms with Crippen LogP contribution in [0.2, 0.25) is 0 Å². The van der Waals surface area contributed by atoms with Crippen LogP contribution in [0, 0.1) is 51.3 Å². The summed E-state index contributed by atoms with van der Waals surface area (Å²) in [5, 5.41) is 39.2. The number of nitriles is 2. The maximum atomic E-state index is 15.5. The van der Waals surface area contributed by atoms with Crippen LogP contribution in [0.15, 0.2) is 77.5 Å². The molecule has 11 rings (SSSR count). The molecule has 0 unspecified atom stereocenters. The molecule has 1 spiro atoms. The van der Waals surface area contributed by atoms with Crippen molar-refractivity contribution < 1.29 is 27.5 Å². The normalized spacial score (nSPS) is 15.2. The smallest absolute Gasteiger partial charge is 0.320 e. The quantitative estimate of drug-likeness (QED) is 0.137. The maximum absolute atomic E-state index is 15.5. The third kappa shape index (κ3) is 9.21. The molecule has 3 aliphatic rings. The first-order valence-electron chi connectivity index (χ1n) is 23.5. The Morgan fingerprint density at radius 3 is 1.67 bits per heavy atom. The highest BCUT2D eigenvalue weighted by Gasteiger charge is 2.49. The number of urea groups is 1. The number of rotatable bonds is 9. The molecule has 0 atom stereocenters. The lowest BCUT2D eigenvalue weighted by Gasteiger charge is -2.55. The van der Waals surface area contributed by atoms with Crippen LogP contribution in [0.25, 0.3) is 33.5 Å². The van der Waals surface area contributed by atoms with E-state index in [-0.39, 0.29) is 28.9 Å². The zero-order valence-electron chi connectivity index (χ0n) is 40.0. The second-order valence-electron chi connectivity index (χ2n) is 18.3.